The molecule has 0 unspecified atom stereocenters. The van der Waals surface area contributed by atoms with E-state index in [9.17, 15) is 9.90 Å². The Balaban J connectivity index is 1.23. The predicted molar refractivity (Wildman–Crippen MR) is 170 cm³/mol. The Morgan fingerprint density at radius 1 is 0.881 bits per heavy atom. The molecule has 1 amide bonds. The van der Waals surface area contributed by atoms with Crippen molar-refractivity contribution in [3.05, 3.63) is 94.5 Å². The smallest absolute Gasteiger partial charge is 0.254 e. The second kappa shape index (κ2) is 13.5. The number of aromatic hydroxyl groups is 1. The van der Waals surface area contributed by atoms with Crippen LogP contribution < -0.4 is 10.2 Å². The van der Waals surface area contributed by atoms with Gasteiger partial charge in [0.05, 0.1) is 12.8 Å². The lowest BCUT2D eigenvalue weighted by molar-refractivity contribution is -0.122. The third kappa shape index (κ3) is 8.91. The molecular weight excluding hydrogens is 524 g/mol. The highest BCUT2D eigenvalue weighted by atomic mass is 16.5. The molecule has 3 aromatic rings. The number of phenolic OH excluding ortho intramolecular Hbond substituents is 1. The number of phenols is 1. The summed E-state index contributed by atoms with van der Waals surface area (Å²) in [6.07, 6.45) is 1.55. The number of nitrogens with one attached hydrogen (secondary N) is 1. The maximum Gasteiger partial charge on any atom is 0.254 e. The fourth-order valence-corrected chi connectivity index (χ4v) is 4.97. The number of hydrogen-bond acceptors (Lipinski definition) is 6. The van der Waals surface area contributed by atoms with E-state index >= 15 is 0 Å². The second-order valence-corrected chi connectivity index (χ2v) is 13.2. The van der Waals surface area contributed by atoms with Crippen molar-refractivity contribution in [1.29, 1.82) is 0 Å². The van der Waals surface area contributed by atoms with Gasteiger partial charge in [0.25, 0.3) is 5.91 Å². The molecule has 224 valence electrons. The summed E-state index contributed by atoms with van der Waals surface area (Å²) in [6, 6.07) is 22.5. The summed E-state index contributed by atoms with van der Waals surface area (Å²) in [6.45, 7) is 17.8. The molecule has 2 N–H and O–H groups in total. The zero-order chi connectivity index (χ0) is 30.3. The quantitative estimate of drug-likeness (QED) is 0.250. The molecule has 42 heavy (non-hydrogen) atoms. The molecule has 0 aromatic heterocycles. The Hall–Kier alpha value is -3.68. The molecule has 0 bridgehead atoms. The molecule has 1 aliphatic heterocycles. The highest BCUT2D eigenvalue weighted by Gasteiger charge is 2.25. The fourth-order valence-electron chi connectivity index (χ4n) is 4.97. The molecule has 7 heteroatoms. The summed E-state index contributed by atoms with van der Waals surface area (Å²) in [5.41, 5.74) is 7.34. The number of hydrazone groups is 1. The van der Waals surface area contributed by atoms with Gasteiger partial charge in [0, 0.05) is 43.9 Å². The zero-order valence-electron chi connectivity index (χ0n) is 26.0. The van der Waals surface area contributed by atoms with Gasteiger partial charge in [-0.05, 0) is 45.7 Å². The van der Waals surface area contributed by atoms with Gasteiger partial charge in [0.15, 0.2) is 0 Å². The largest absolute Gasteiger partial charge is 0.507 e. The van der Waals surface area contributed by atoms with Crippen LogP contribution >= 0.6 is 0 Å². The fraction of sp³-hybridized carbons (Fsp3) is 0.429. The number of carbonyl (C=O) groups excluding carboxylic acids is 1. The van der Waals surface area contributed by atoms with E-state index in [2.05, 4.69) is 92.2 Å². The highest BCUT2D eigenvalue weighted by Crippen LogP contribution is 2.37. The topological polar surface area (TPSA) is 77.4 Å². The van der Waals surface area contributed by atoms with Crippen molar-refractivity contribution in [2.75, 3.05) is 32.7 Å². The summed E-state index contributed by atoms with van der Waals surface area (Å²) in [7, 11) is 0. The Morgan fingerprint density at radius 2 is 1.52 bits per heavy atom. The van der Waals surface area contributed by atoms with Crippen molar-refractivity contribution in [3.8, 4) is 11.5 Å². The van der Waals surface area contributed by atoms with Crippen LogP contribution in [0.1, 0.15) is 69.4 Å². The van der Waals surface area contributed by atoms with Crippen LogP contribution in [-0.2, 0) is 28.8 Å². The lowest BCUT2D eigenvalue weighted by Crippen LogP contribution is -2.48. The van der Waals surface area contributed by atoms with Crippen LogP contribution in [0.25, 0.3) is 0 Å². The monoisotopic (exact) mass is 570 g/mol. The standard InChI is InChI=1S/C35H46N4O3/c1-34(2,3)29-20-28(33(41)31(21-29)35(4,5)6)22-36-37-32(40)24-39-18-16-38(17-19-39)23-26-12-14-30(15-13-26)42-25-27-10-8-7-9-11-27/h7-15,20-22,41H,16-19,23-25H2,1-6H3,(H,37,40). The van der Waals surface area contributed by atoms with E-state index in [0.29, 0.717) is 18.7 Å². The summed E-state index contributed by atoms with van der Waals surface area (Å²) in [4.78, 5) is 17.2. The van der Waals surface area contributed by atoms with Gasteiger partial charge < -0.3 is 9.84 Å². The van der Waals surface area contributed by atoms with Crippen LogP contribution in [0, 0.1) is 0 Å². The summed E-state index contributed by atoms with van der Waals surface area (Å²) >= 11 is 0. The molecular formula is C35H46N4O3. The Labute approximate surface area is 251 Å². The molecule has 0 radical (unpaired) electrons. The van der Waals surface area contributed by atoms with E-state index in [1.807, 2.05) is 36.4 Å². The van der Waals surface area contributed by atoms with E-state index in [4.69, 9.17) is 4.74 Å². The minimum absolute atomic E-state index is 0.0813. The van der Waals surface area contributed by atoms with E-state index in [1.54, 1.807) is 6.21 Å². The van der Waals surface area contributed by atoms with E-state index in [0.717, 1.165) is 55.2 Å². The molecule has 3 aromatic carbocycles. The Bertz CT molecular complexity index is 1350. The maximum atomic E-state index is 12.6. The lowest BCUT2D eigenvalue weighted by Gasteiger charge is -2.34. The molecule has 1 aliphatic rings. The molecule has 0 spiro atoms. The highest BCUT2D eigenvalue weighted by molar-refractivity contribution is 5.86. The van der Waals surface area contributed by atoms with Crippen LogP contribution in [0.2, 0.25) is 0 Å². The van der Waals surface area contributed by atoms with Crippen molar-refractivity contribution in [2.45, 2.75) is 65.5 Å². The summed E-state index contributed by atoms with van der Waals surface area (Å²) < 4.78 is 5.90. The van der Waals surface area contributed by atoms with Crippen molar-refractivity contribution in [1.82, 2.24) is 15.2 Å². The van der Waals surface area contributed by atoms with Crippen molar-refractivity contribution >= 4 is 12.1 Å². The number of ether oxygens (including phenoxy) is 1. The van der Waals surface area contributed by atoms with Gasteiger partial charge in [-0.25, -0.2) is 5.43 Å². The first-order valence-corrected chi connectivity index (χ1v) is 14.8. The van der Waals surface area contributed by atoms with Gasteiger partial charge in [-0.15, -0.1) is 0 Å². The number of rotatable bonds is 9. The number of carbonyl (C=O) groups is 1. The minimum atomic E-state index is -0.223. The van der Waals surface area contributed by atoms with Crippen LogP contribution in [0.3, 0.4) is 0 Å². The first-order valence-electron chi connectivity index (χ1n) is 14.8. The molecule has 1 heterocycles. The van der Waals surface area contributed by atoms with Gasteiger partial charge >= 0.3 is 0 Å². The molecule has 1 fully saturated rings. The molecule has 0 atom stereocenters. The maximum absolute atomic E-state index is 12.6. The van der Waals surface area contributed by atoms with Crippen LogP contribution in [-0.4, -0.2) is 59.8 Å². The average Bonchev–Trinajstić information content (AvgIpc) is 2.94. The first kappa shape index (κ1) is 31.3. The molecule has 0 saturated carbocycles. The van der Waals surface area contributed by atoms with Crippen LogP contribution in [0.15, 0.2) is 71.8 Å². The first-order chi connectivity index (χ1) is 19.9. The second-order valence-electron chi connectivity index (χ2n) is 13.2. The van der Waals surface area contributed by atoms with Gasteiger partial charge in [-0.2, -0.15) is 5.10 Å². The van der Waals surface area contributed by atoms with Crippen LogP contribution in [0.5, 0.6) is 11.5 Å². The van der Waals surface area contributed by atoms with Gasteiger partial charge in [0.2, 0.25) is 0 Å². The lowest BCUT2D eigenvalue weighted by atomic mass is 9.79. The molecule has 7 nitrogen and oxygen atoms in total. The molecule has 0 aliphatic carbocycles. The minimum Gasteiger partial charge on any atom is -0.507 e. The Kier molecular flexibility index (Phi) is 10.1. The van der Waals surface area contributed by atoms with Gasteiger partial charge in [0.1, 0.15) is 18.1 Å². The van der Waals surface area contributed by atoms with Crippen LogP contribution in [0.4, 0.5) is 0 Å². The predicted octanol–water partition coefficient (Wildman–Crippen LogP) is 5.83. The van der Waals surface area contributed by atoms with Crippen molar-refractivity contribution in [3.63, 3.8) is 0 Å². The number of piperazine rings is 1. The molecule has 4 rings (SSSR count). The van der Waals surface area contributed by atoms with E-state index in [-0.39, 0.29) is 22.5 Å². The number of amides is 1. The normalized spacial score (nSPS) is 15.2. The van der Waals surface area contributed by atoms with Crippen molar-refractivity contribution < 1.29 is 14.6 Å². The SMILES string of the molecule is CC(C)(C)c1cc(C=NNC(=O)CN2CCN(Cc3ccc(OCc4ccccc4)cc3)CC2)c(O)c(C(C)(C)C)c1. The summed E-state index contributed by atoms with van der Waals surface area (Å²) in [5.74, 6) is 0.917. The van der Waals surface area contributed by atoms with Crippen molar-refractivity contribution in [2.24, 2.45) is 5.10 Å². The van der Waals surface area contributed by atoms with E-state index in [1.165, 1.54) is 5.56 Å². The average molecular weight is 571 g/mol. The molecule has 1 saturated heterocycles. The van der Waals surface area contributed by atoms with Gasteiger partial charge in [-0.1, -0.05) is 90.1 Å². The zero-order valence-corrected chi connectivity index (χ0v) is 26.0. The van der Waals surface area contributed by atoms with E-state index < -0.39 is 0 Å². The third-order valence-electron chi connectivity index (χ3n) is 7.62. The Morgan fingerprint density at radius 3 is 2.14 bits per heavy atom. The number of nitrogens with zero attached hydrogens (tertiary/aromatic N) is 3. The third-order valence-corrected chi connectivity index (χ3v) is 7.62. The number of benzene rings is 3. The summed E-state index contributed by atoms with van der Waals surface area (Å²) in [5, 5.41) is 15.1. The van der Waals surface area contributed by atoms with Gasteiger partial charge in [-0.3, -0.25) is 14.6 Å². The number of hydrogen-bond donors (Lipinski definition) is 2.